The molecule has 3 aromatic rings. The van der Waals surface area contributed by atoms with Crippen molar-refractivity contribution in [1.82, 2.24) is 10.2 Å². The first-order valence-corrected chi connectivity index (χ1v) is 15.4. The number of aryl methyl sites for hydroxylation is 1. The molecule has 0 saturated heterocycles. The first kappa shape index (κ1) is 29.9. The van der Waals surface area contributed by atoms with Crippen molar-refractivity contribution in [2.24, 2.45) is 0 Å². The lowest BCUT2D eigenvalue weighted by Crippen LogP contribution is -2.52. The molecule has 2 amide bonds. The number of nitrogens with one attached hydrogen (secondary N) is 1. The lowest BCUT2D eigenvalue weighted by atomic mass is 10.1. The molecule has 7 nitrogen and oxygen atoms in total. The van der Waals surface area contributed by atoms with E-state index in [4.69, 9.17) is 23.2 Å². The van der Waals surface area contributed by atoms with Gasteiger partial charge in [0.1, 0.15) is 12.6 Å². The number of halogens is 2. The zero-order valence-electron chi connectivity index (χ0n) is 22.5. The Labute approximate surface area is 246 Å². The van der Waals surface area contributed by atoms with Crippen molar-refractivity contribution in [2.45, 2.75) is 63.1 Å². The summed E-state index contributed by atoms with van der Waals surface area (Å²) >= 11 is 12.1. The van der Waals surface area contributed by atoms with Crippen molar-refractivity contribution in [3.8, 4) is 0 Å². The zero-order valence-corrected chi connectivity index (χ0v) is 24.8. The predicted octanol–water partition coefficient (Wildman–Crippen LogP) is 5.97. The van der Waals surface area contributed by atoms with Gasteiger partial charge in [-0.15, -0.1) is 0 Å². The lowest BCUT2D eigenvalue weighted by Gasteiger charge is -2.32. The summed E-state index contributed by atoms with van der Waals surface area (Å²) in [5.74, 6) is -0.789. The topological polar surface area (TPSA) is 86.8 Å². The second kappa shape index (κ2) is 13.1. The number of anilines is 1. The van der Waals surface area contributed by atoms with Gasteiger partial charge in [0, 0.05) is 22.6 Å². The Morgan fingerprint density at radius 3 is 2.02 bits per heavy atom. The molecule has 0 bridgehead atoms. The van der Waals surface area contributed by atoms with Crippen LogP contribution >= 0.6 is 23.2 Å². The Morgan fingerprint density at radius 1 is 0.900 bits per heavy atom. The fourth-order valence-electron chi connectivity index (χ4n) is 4.73. The minimum Gasteiger partial charge on any atom is -0.352 e. The largest absolute Gasteiger partial charge is 0.352 e. The van der Waals surface area contributed by atoms with E-state index >= 15 is 0 Å². The zero-order chi connectivity index (χ0) is 28.9. The second-order valence-corrected chi connectivity index (χ2v) is 12.9. The van der Waals surface area contributed by atoms with Crippen LogP contribution in [0.4, 0.5) is 5.69 Å². The highest BCUT2D eigenvalue weighted by Gasteiger charge is 2.33. The second-order valence-electron chi connectivity index (χ2n) is 10.1. The van der Waals surface area contributed by atoms with Gasteiger partial charge < -0.3 is 10.2 Å². The normalized spacial score (nSPS) is 14.5. The van der Waals surface area contributed by atoms with Gasteiger partial charge in [-0.25, -0.2) is 8.42 Å². The number of benzene rings is 3. The van der Waals surface area contributed by atoms with Crippen LogP contribution in [0.25, 0.3) is 0 Å². The van der Waals surface area contributed by atoms with Crippen LogP contribution in [-0.4, -0.2) is 43.8 Å². The van der Waals surface area contributed by atoms with E-state index in [0.717, 1.165) is 41.1 Å². The Kier molecular flexibility index (Phi) is 9.77. The Balaban J connectivity index is 1.67. The third-order valence-corrected chi connectivity index (χ3v) is 9.43. The smallest absolute Gasteiger partial charge is 0.264 e. The van der Waals surface area contributed by atoms with E-state index < -0.39 is 28.5 Å². The summed E-state index contributed by atoms with van der Waals surface area (Å²) in [6.45, 7) is 3.13. The number of rotatable bonds is 10. The molecule has 40 heavy (non-hydrogen) atoms. The molecule has 3 aromatic carbocycles. The van der Waals surface area contributed by atoms with Gasteiger partial charge in [-0.05, 0) is 80.8 Å². The highest BCUT2D eigenvalue weighted by atomic mass is 35.5. The number of carbonyl (C=O) groups excluding carboxylic acids is 2. The number of hydrogen-bond donors (Lipinski definition) is 1. The van der Waals surface area contributed by atoms with Crippen LogP contribution in [0, 0.1) is 6.92 Å². The maximum Gasteiger partial charge on any atom is 0.264 e. The minimum absolute atomic E-state index is 0.0529. The molecule has 1 aliphatic rings. The van der Waals surface area contributed by atoms with E-state index in [9.17, 15) is 18.0 Å². The van der Waals surface area contributed by atoms with Gasteiger partial charge in [-0.2, -0.15) is 0 Å². The minimum atomic E-state index is -4.13. The van der Waals surface area contributed by atoms with E-state index in [1.165, 1.54) is 17.0 Å². The maximum absolute atomic E-state index is 14.0. The quantitative estimate of drug-likeness (QED) is 0.310. The molecular formula is C30H33Cl2N3O4S. The average molecular weight is 603 g/mol. The third kappa shape index (κ3) is 7.36. The number of carbonyl (C=O) groups is 2. The standard InChI is InChI=1S/C30H33Cl2N3O4S/c1-21-7-17-28(18-8-21)40(38,39)35(27-15-13-25(32)14-16-27)20-29(36)34(19-23-9-11-24(31)12-10-23)22(2)30(37)33-26-5-3-4-6-26/h7-18,22,26H,3-6,19-20H2,1-2H3,(H,33,37). The van der Waals surface area contributed by atoms with Crippen molar-refractivity contribution >= 4 is 50.7 Å². The summed E-state index contributed by atoms with van der Waals surface area (Å²) in [5.41, 5.74) is 1.95. The Morgan fingerprint density at radius 2 is 1.45 bits per heavy atom. The highest BCUT2D eigenvalue weighted by Crippen LogP contribution is 2.26. The molecule has 1 saturated carbocycles. The van der Waals surface area contributed by atoms with Gasteiger partial charge in [0.05, 0.1) is 10.6 Å². The molecule has 0 aliphatic heterocycles. The Hall–Kier alpha value is -3.07. The van der Waals surface area contributed by atoms with E-state index in [1.54, 1.807) is 67.6 Å². The lowest BCUT2D eigenvalue weighted by molar-refractivity contribution is -0.139. The van der Waals surface area contributed by atoms with E-state index in [0.29, 0.717) is 10.0 Å². The van der Waals surface area contributed by atoms with Crippen LogP contribution in [0.5, 0.6) is 0 Å². The molecule has 1 atom stereocenters. The van der Waals surface area contributed by atoms with Gasteiger partial charge in [-0.1, -0.05) is 65.9 Å². The number of nitrogens with zero attached hydrogens (tertiary/aromatic N) is 2. The van der Waals surface area contributed by atoms with Gasteiger partial charge in [0.2, 0.25) is 11.8 Å². The molecule has 4 rings (SSSR count). The number of sulfonamides is 1. The molecule has 212 valence electrons. The number of amides is 2. The summed E-state index contributed by atoms with van der Waals surface area (Å²) in [7, 11) is -4.13. The molecule has 0 radical (unpaired) electrons. The van der Waals surface area contributed by atoms with Gasteiger partial charge in [-0.3, -0.25) is 13.9 Å². The predicted molar refractivity (Wildman–Crippen MR) is 159 cm³/mol. The molecule has 10 heteroatoms. The van der Waals surface area contributed by atoms with Gasteiger partial charge in [0.25, 0.3) is 10.0 Å². The molecule has 1 unspecified atom stereocenters. The van der Waals surface area contributed by atoms with Gasteiger partial charge in [0.15, 0.2) is 0 Å². The van der Waals surface area contributed by atoms with Crippen molar-refractivity contribution < 1.29 is 18.0 Å². The summed E-state index contributed by atoms with van der Waals surface area (Å²) in [5, 5.41) is 4.04. The van der Waals surface area contributed by atoms with Crippen LogP contribution in [0.1, 0.15) is 43.7 Å². The van der Waals surface area contributed by atoms with Crippen molar-refractivity contribution in [2.75, 3.05) is 10.8 Å². The van der Waals surface area contributed by atoms with Crippen LogP contribution in [0.2, 0.25) is 10.0 Å². The van der Waals surface area contributed by atoms with Crippen molar-refractivity contribution in [1.29, 1.82) is 0 Å². The summed E-state index contributed by atoms with van der Waals surface area (Å²) in [6, 6.07) is 18.9. The fraction of sp³-hybridized carbons (Fsp3) is 0.333. The first-order valence-electron chi connectivity index (χ1n) is 13.2. The Bertz CT molecular complexity index is 1420. The molecule has 0 aromatic heterocycles. The summed E-state index contributed by atoms with van der Waals surface area (Å²) < 4.78 is 28.8. The van der Waals surface area contributed by atoms with E-state index in [1.807, 2.05) is 6.92 Å². The molecule has 1 fully saturated rings. The molecule has 0 spiro atoms. The van der Waals surface area contributed by atoms with Crippen LogP contribution in [-0.2, 0) is 26.2 Å². The van der Waals surface area contributed by atoms with Crippen molar-refractivity contribution in [3.63, 3.8) is 0 Å². The molecular weight excluding hydrogens is 569 g/mol. The monoisotopic (exact) mass is 601 g/mol. The highest BCUT2D eigenvalue weighted by molar-refractivity contribution is 7.92. The molecule has 0 heterocycles. The fourth-order valence-corrected chi connectivity index (χ4v) is 6.40. The van der Waals surface area contributed by atoms with Crippen molar-refractivity contribution in [3.05, 3.63) is 94.0 Å². The van der Waals surface area contributed by atoms with Gasteiger partial charge >= 0.3 is 0 Å². The summed E-state index contributed by atoms with van der Waals surface area (Å²) in [4.78, 5) is 28.7. The average Bonchev–Trinajstić information content (AvgIpc) is 3.44. The molecule has 1 N–H and O–H groups in total. The maximum atomic E-state index is 14.0. The van der Waals surface area contributed by atoms with Crippen LogP contribution < -0.4 is 9.62 Å². The van der Waals surface area contributed by atoms with Crippen LogP contribution in [0.3, 0.4) is 0 Å². The van der Waals surface area contributed by atoms with Crippen LogP contribution in [0.15, 0.2) is 77.7 Å². The first-order chi connectivity index (χ1) is 19.0. The van der Waals surface area contributed by atoms with E-state index in [2.05, 4.69) is 5.32 Å². The van der Waals surface area contributed by atoms with E-state index in [-0.39, 0.29) is 29.1 Å². The molecule has 1 aliphatic carbocycles. The summed E-state index contributed by atoms with van der Waals surface area (Å²) in [6.07, 6.45) is 3.92. The third-order valence-electron chi connectivity index (χ3n) is 7.14. The SMILES string of the molecule is Cc1ccc(S(=O)(=O)N(CC(=O)N(Cc2ccc(Cl)cc2)C(C)C(=O)NC2CCCC2)c2ccc(Cl)cc2)cc1. The number of hydrogen-bond acceptors (Lipinski definition) is 4.